The lowest BCUT2D eigenvalue weighted by molar-refractivity contribution is -0.123. The van der Waals surface area contributed by atoms with Gasteiger partial charge in [-0.3, -0.25) is 9.69 Å². The fraction of sp³-hybridized carbons (Fsp3) is 0.611. The standard InChI is InChI=1S/C18H27N3O4.ClH/c1-18(2)11-21(7-5-16(18)19)10-17(22)20-6-8-23-13-3-4-14-15(9-13)25-12-24-14;/h3-4,9,16H,5-8,10-12,19H2,1-2H3,(H,20,22);1H. The molecule has 0 bridgehead atoms. The number of likely N-dealkylation sites (tertiary alicyclic amines) is 1. The highest BCUT2D eigenvalue weighted by atomic mass is 35.5. The van der Waals surface area contributed by atoms with Gasteiger partial charge in [0, 0.05) is 25.2 Å². The van der Waals surface area contributed by atoms with Gasteiger partial charge in [-0.25, -0.2) is 0 Å². The van der Waals surface area contributed by atoms with Gasteiger partial charge in [-0.15, -0.1) is 12.4 Å². The Kier molecular flexibility index (Phi) is 6.97. The number of amides is 1. The lowest BCUT2D eigenvalue weighted by atomic mass is 9.80. The van der Waals surface area contributed by atoms with E-state index in [0.717, 1.165) is 25.3 Å². The Morgan fingerprint density at radius 1 is 1.38 bits per heavy atom. The first-order chi connectivity index (χ1) is 11.9. The number of rotatable bonds is 6. The minimum atomic E-state index is 0. The maximum atomic E-state index is 12.1. The molecule has 1 unspecified atom stereocenters. The SMILES string of the molecule is CC1(C)CN(CC(=O)NCCOc2ccc3c(c2)OCO3)CCC1N.Cl. The molecule has 0 radical (unpaired) electrons. The lowest BCUT2D eigenvalue weighted by Gasteiger charge is -2.42. The average molecular weight is 386 g/mol. The second-order valence-electron chi connectivity index (χ2n) is 7.31. The van der Waals surface area contributed by atoms with Gasteiger partial charge in [0.1, 0.15) is 12.4 Å². The number of halogens is 1. The second-order valence-corrected chi connectivity index (χ2v) is 7.31. The van der Waals surface area contributed by atoms with Crippen LogP contribution in [0.5, 0.6) is 17.2 Å². The average Bonchev–Trinajstić information content (AvgIpc) is 3.02. The molecule has 3 N–H and O–H groups in total. The lowest BCUT2D eigenvalue weighted by Crippen LogP contribution is -2.54. The van der Waals surface area contributed by atoms with Gasteiger partial charge in [0.05, 0.1) is 13.1 Å². The van der Waals surface area contributed by atoms with Crippen molar-refractivity contribution in [2.24, 2.45) is 11.1 Å². The molecule has 2 heterocycles. The molecule has 0 aromatic heterocycles. The van der Waals surface area contributed by atoms with E-state index in [1.54, 1.807) is 6.07 Å². The van der Waals surface area contributed by atoms with Crippen LogP contribution in [0, 0.1) is 5.41 Å². The van der Waals surface area contributed by atoms with Crippen LogP contribution in [-0.2, 0) is 4.79 Å². The molecule has 1 amide bonds. The van der Waals surface area contributed by atoms with Gasteiger partial charge in [0.2, 0.25) is 12.7 Å². The first kappa shape index (κ1) is 20.6. The molecular weight excluding hydrogens is 358 g/mol. The fourth-order valence-corrected chi connectivity index (χ4v) is 3.20. The molecule has 1 aromatic rings. The van der Waals surface area contributed by atoms with E-state index < -0.39 is 0 Å². The number of hydrogen-bond donors (Lipinski definition) is 2. The van der Waals surface area contributed by atoms with Gasteiger partial charge in [-0.05, 0) is 24.0 Å². The smallest absolute Gasteiger partial charge is 0.234 e. The van der Waals surface area contributed by atoms with E-state index in [0.29, 0.717) is 31.2 Å². The number of fused-ring (bicyclic) bond motifs is 1. The largest absolute Gasteiger partial charge is 0.492 e. The summed E-state index contributed by atoms with van der Waals surface area (Å²) >= 11 is 0. The predicted octanol–water partition coefficient (Wildman–Crippen LogP) is 1.39. The first-order valence-electron chi connectivity index (χ1n) is 8.71. The zero-order valence-corrected chi connectivity index (χ0v) is 16.1. The number of ether oxygens (including phenoxy) is 3. The van der Waals surface area contributed by atoms with Crippen molar-refractivity contribution in [3.05, 3.63) is 18.2 Å². The van der Waals surface area contributed by atoms with Crippen LogP contribution >= 0.6 is 12.4 Å². The Bertz CT molecular complexity index is 626. The quantitative estimate of drug-likeness (QED) is 0.720. The monoisotopic (exact) mass is 385 g/mol. The minimum absolute atomic E-state index is 0. The van der Waals surface area contributed by atoms with E-state index in [2.05, 4.69) is 24.1 Å². The maximum Gasteiger partial charge on any atom is 0.234 e. The van der Waals surface area contributed by atoms with E-state index >= 15 is 0 Å². The van der Waals surface area contributed by atoms with Gasteiger partial charge in [-0.1, -0.05) is 13.8 Å². The van der Waals surface area contributed by atoms with Crippen LogP contribution in [-0.4, -0.2) is 56.4 Å². The number of carbonyl (C=O) groups excluding carboxylic acids is 1. The minimum Gasteiger partial charge on any atom is -0.492 e. The molecular formula is C18H28ClN3O4. The molecule has 26 heavy (non-hydrogen) atoms. The highest BCUT2D eigenvalue weighted by molar-refractivity contribution is 5.85. The van der Waals surface area contributed by atoms with Gasteiger partial charge < -0.3 is 25.3 Å². The van der Waals surface area contributed by atoms with E-state index in [-0.39, 0.29) is 36.6 Å². The molecule has 0 aliphatic carbocycles. The van der Waals surface area contributed by atoms with E-state index in [1.165, 1.54) is 0 Å². The first-order valence-corrected chi connectivity index (χ1v) is 8.71. The molecule has 8 heteroatoms. The Hall–Kier alpha value is -1.70. The van der Waals surface area contributed by atoms with Gasteiger partial charge in [0.25, 0.3) is 0 Å². The van der Waals surface area contributed by atoms with Crippen LogP contribution in [0.3, 0.4) is 0 Å². The number of carbonyl (C=O) groups is 1. The van der Waals surface area contributed by atoms with E-state index in [1.807, 2.05) is 12.1 Å². The second kappa shape index (κ2) is 8.79. The molecule has 146 valence electrons. The van der Waals surface area contributed by atoms with Crippen LogP contribution in [0.1, 0.15) is 20.3 Å². The van der Waals surface area contributed by atoms with Crippen molar-refractivity contribution in [3.63, 3.8) is 0 Å². The Labute approximate surface area is 160 Å². The van der Waals surface area contributed by atoms with Crippen molar-refractivity contribution in [2.75, 3.05) is 39.6 Å². The van der Waals surface area contributed by atoms with Crippen LogP contribution in [0.4, 0.5) is 0 Å². The number of benzene rings is 1. The number of piperidine rings is 1. The highest BCUT2D eigenvalue weighted by Crippen LogP contribution is 2.35. The molecule has 0 spiro atoms. The summed E-state index contributed by atoms with van der Waals surface area (Å²) in [6.45, 7) is 7.53. The summed E-state index contributed by atoms with van der Waals surface area (Å²) in [6, 6.07) is 5.64. The molecule has 1 saturated heterocycles. The Morgan fingerprint density at radius 2 is 2.15 bits per heavy atom. The maximum absolute atomic E-state index is 12.1. The molecule has 7 nitrogen and oxygen atoms in total. The van der Waals surface area contributed by atoms with Crippen molar-refractivity contribution in [1.82, 2.24) is 10.2 Å². The zero-order valence-electron chi connectivity index (χ0n) is 15.3. The van der Waals surface area contributed by atoms with Crippen LogP contribution in [0.25, 0.3) is 0 Å². The third-order valence-corrected chi connectivity index (χ3v) is 4.80. The number of nitrogens with one attached hydrogen (secondary N) is 1. The summed E-state index contributed by atoms with van der Waals surface area (Å²) in [6.07, 6.45) is 0.924. The van der Waals surface area contributed by atoms with E-state index in [9.17, 15) is 4.79 Å². The van der Waals surface area contributed by atoms with Gasteiger partial charge in [-0.2, -0.15) is 0 Å². The topological polar surface area (TPSA) is 86.1 Å². The van der Waals surface area contributed by atoms with Gasteiger partial charge >= 0.3 is 0 Å². The zero-order chi connectivity index (χ0) is 17.9. The van der Waals surface area contributed by atoms with Crippen molar-refractivity contribution in [2.45, 2.75) is 26.3 Å². The fourth-order valence-electron chi connectivity index (χ4n) is 3.20. The summed E-state index contributed by atoms with van der Waals surface area (Å²) in [7, 11) is 0. The summed E-state index contributed by atoms with van der Waals surface area (Å²) < 4.78 is 16.2. The molecule has 2 aliphatic heterocycles. The number of hydrogen-bond acceptors (Lipinski definition) is 6. The number of nitrogens with two attached hydrogens (primary N) is 1. The summed E-state index contributed by atoms with van der Waals surface area (Å²) in [4.78, 5) is 14.3. The van der Waals surface area contributed by atoms with Crippen molar-refractivity contribution >= 4 is 18.3 Å². The van der Waals surface area contributed by atoms with Gasteiger partial charge in [0.15, 0.2) is 11.5 Å². The highest BCUT2D eigenvalue weighted by Gasteiger charge is 2.33. The van der Waals surface area contributed by atoms with Crippen molar-refractivity contribution in [1.29, 1.82) is 0 Å². The molecule has 3 rings (SSSR count). The van der Waals surface area contributed by atoms with Crippen molar-refractivity contribution in [3.8, 4) is 17.2 Å². The molecule has 1 aromatic carbocycles. The van der Waals surface area contributed by atoms with Crippen molar-refractivity contribution < 1.29 is 19.0 Å². The normalized spacial score (nSPS) is 21.0. The summed E-state index contributed by atoms with van der Waals surface area (Å²) in [5.74, 6) is 2.13. The number of nitrogens with zero attached hydrogens (tertiary/aromatic N) is 1. The Balaban J connectivity index is 0.00000243. The van der Waals surface area contributed by atoms with Crippen LogP contribution in [0.15, 0.2) is 18.2 Å². The summed E-state index contributed by atoms with van der Waals surface area (Å²) in [5.41, 5.74) is 6.18. The third-order valence-electron chi connectivity index (χ3n) is 4.80. The predicted molar refractivity (Wildman–Crippen MR) is 101 cm³/mol. The summed E-state index contributed by atoms with van der Waals surface area (Å²) in [5, 5.41) is 2.90. The Morgan fingerprint density at radius 3 is 2.92 bits per heavy atom. The molecule has 1 atom stereocenters. The van der Waals surface area contributed by atoms with E-state index in [4.69, 9.17) is 19.9 Å². The van der Waals surface area contributed by atoms with Crippen LogP contribution < -0.4 is 25.3 Å². The third kappa shape index (κ3) is 5.16. The van der Waals surface area contributed by atoms with Crippen LogP contribution in [0.2, 0.25) is 0 Å². The molecule has 1 fully saturated rings. The molecule has 2 aliphatic rings. The molecule has 0 saturated carbocycles.